The zero-order chi connectivity index (χ0) is 36.4. The number of nitrogens with zero attached hydrogens (tertiary/aromatic N) is 2. The van der Waals surface area contributed by atoms with Crippen molar-refractivity contribution in [3.8, 4) is 5.75 Å². The average Bonchev–Trinajstić information content (AvgIpc) is 3.73. The lowest BCUT2D eigenvalue weighted by Gasteiger charge is -2.32. The van der Waals surface area contributed by atoms with Crippen LogP contribution in [0.1, 0.15) is 75.7 Å². The molecule has 2 aromatic carbocycles. The highest BCUT2D eigenvalue weighted by Gasteiger charge is 2.66. The van der Waals surface area contributed by atoms with E-state index in [1.165, 1.54) is 5.57 Å². The van der Waals surface area contributed by atoms with E-state index >= 15 is 0 Å². The van der Waals surface area contributed by atoms with Gasteiger partial charge in [-0.3, -0.25) is 14.4 Å². The van der Waals surface area contributed by atoms with Crippen LogP contribution in [0.15, 0.2) is 65.8 Å². The van der Waals surface area contributed by atoms with Crippen LogP contribution >= 0.6 is 0 Å². The Labute approximate surface area is 297 Å². The molecule has 1 spiro atoms. The smallest absolute Gasteiger partial charge is 0.264 e. The molecule has 2 fully saturated rings. The Morgan fingerprint density at radius 2 is 1.84 bits per heavy atom. The van der Waals surface area contributed by atoms with E-state index in [4.69, 9.17) is 9.47 Å². The summed E-state index contributed by atoms with van der Waals surface area (Å²) in [5.41, 5.74) is 2.78. The van der Waals surface area contributed by atoms with Crippen LogP contribution in [0.4, 0.5) is 11.4 Å². The number of amides is 3. The van der Waals surface area contributed by atoms with Crippen molar-refractivity contribution in [2.45, 2.75) is 96.2 Å². The Balaban J connectivity index is 1.52. The van der Waals surface area contributed by atoms with Crippen LogP contribution in [0, 0.1) is 5.92 Å². The highest BCUT2D eigenvalue weighted by Crippen LogP contribution is 2.60. The Bertz CT molecular complexity index is 1650. The summed E-state index contributed by atoms with van der Waals surface area (Å²) >= 11 is 0. The second-order valence-corrected chi connectivity index (χ2v) is 18.8. The van der Waals surface area contributed by atoms with Crippen LogP contribution in [-0.2, 0) is 19.9 Å². The molecule has 3 aliphatic heterocycles. The van der Waals surface area contributed by atoms with Gasteiger partial charge in [-0.1, -0.05) is 30.2 Å². The number of fused-ring (bicyclic) bond motifs is 2. The minimum atomic E-state index is -3.01. The Morgan fingerprint density at radius 3 is 2.48 bits per heavy atom. The molecule has 50 heavy (non-hydrogen) atoms. The summed E-state index contributed by atoms with van der Waals surface area (Å²) in [4.78, 5) is 57.0. The van der Waals surface area contributed by atoms with Crippen molar-refractivity contribution in [1.29, 1.82) is 0 Å². The molecule has 270 valence electrons. The highest BCUT2D eigenvalue weighted by atomic mass is 28.4. The van der Waals surface area contributed by atoms with Crippen molar-refractivity contribution in [3.63, 3.8) is 0 Å². The van der Waals surface area contributed by atoms with Crippen molar-refractivity contribution < 1.29 is 33.8 Å². The molecular formula is C39H53N3O7Si. The molecule has 0 saturated carbocycles. The van der Waals surface area contributed by atoms with Gasteiger partial charge in [0.25, 0.3) is 11.8 Å². The molecule has 2 saturated heterocycles. The van der Waals surface area contributed by atoms with E-state index in [0.29, 0.717) is 41.3 Å². The van der Waals surface area contributed by atoms with Gasteiger partial charge in [0.2, 0.25) is 5.91 Å². The minimum Gasteiger partial charge on any atom is -0.497 e. The number of nitrogens with one attached hydrogen (secondary N) is 1. The molecule has 5 rings (SSSR count). The molecule has 0 aromatic heterocycles. The Hall–Kier alpha value is -3.77. The summed E-state index contributed by atoms with van der Waals surface area (Å²) in [6.07, 6.45) is 6.92. The van der Waals surface area contributed by atoms with Gasteiger partial charge < -0.3 is 34.5 Å². The molecule has 0 unspecified atom stereocenters. The van der Waals surface area contributed by atoms with Crippen LogP contribution < -0.4 is 15.0 Å². The number of aliphatic hydroxyl groups is 1. The third kappa shape index (κ3) is 7.46. The fourth-order valence-electron chi connectivity index (χ4n) is 8.06. The molecule has 3 aliphatic rings. The summed E-state index contributed by atoms with van der Waals surface area (Å²) in [6.45, 7) is 12.6. The molecule has 0 radical (unpaired) electrons. The maximum atomic E-state index is 14.9. The standard InChI is InChI=1S/C39H53N3O7Si/c1-25(2)10-8-11-26(3)19-21-42-33-18-15-29(40-37(45)28-13-16-31(48-5)17-14-28)22-32(33)39(38(42)46)27(4)36(50(6,7)47)34(49-39)23-35(44)41-20-9-12-30(41)24-43/h10,13-19,22,27,30,34,36,43,47H,8-9,11-12,20-21,23-24H2,1-7H3,(H,40,45)/b26-19+/t27-,30-,34+,36-,39+/m0/s1. The molecule has 5 atom stereocenters. The van der Waals surface area contributed by atoms with Crippen LogP contribution in [0.3, 0.4) is 0 Å². The van der Waals surface area contributed by atoms with Crippen molar-refractivity contribution in [2.24, 2.45) is 5.92 Å². The molecule has 3 amide bonds. The fourth-order valence-corrected chi connectivity index (χ4v) is 10.6. The van der Waals surface area contributed by atoms with Gasteiger partial charge in [-0.25, -0.2) is 0 Å². The lowest BCUT2D eigenvalue weighted by atomic mass is 9.82. The van der Waals surface area contributed by atoms with Crippen molar-refractivity contribution in [2.75, 3.05) is 37.0 Å². The van der Waals surface area contributed by atoms with Crippen LogP contribution in [0.25, 0.3) is 0 Å². The van der Waals surface area contributed by atoms with Gasteiger partial charge in [0.15, 0.2) is 13.9 Å². The largest absolute Gasteiger partial charge is 0.497 e. The number of aliphatic hydroxyl groups excluding tert-OH is 1. The van der Waals surface area contributed by atoms with Gasteiger partial charge in [0.05, 0.1) is 38.0 Å². The molecular weight excluding hydrogens is 651 g/mol. The molecule has 0 bridgehead atoms. The second kappa shape index (κ2) is 15.2. The first-order valence-electron chi connectivity index (χ1n) is 17.7. The summed E-state index contributed by atoms with van der Waals surface area (Å²) < 4.78 is 12.1. The first-order valence-corrected chi connectivity index (χ1v) is 20.7. The van der Waals surface area contributed by atoms with Crippen LogP contribution in [0.5, 0.6) is 5.75 Å². The molecule has 0 aliphatic carbocycles. The topological polar surface area (TPSA) is 129 Å². The molecule has 2 aromatic rings. The average molecular weight is 704 g/mol. The van der Waals surface area contributed by atoms with E-state index in [1.807, 2.05) is 32.2 Å². The number of benzene rings is 2. The summed E-state index contributed by atoms with van der Waals surface area (Å²) in [7, 11) is -1.45. The number of hydrogen-bond donors (Lipinski definition) is 3. The zero-order valence-electron chi connectivity index (χ0n) is 30.5. The number of hydrogen-bond acceptors (Lipinski definition) is 7. The Kier molecular flexibility index (Phi) is 11.4. The zero-order valence-corrected chi connectivity index (χ0v) is 31.5. The maximum absolute atomic E-state index is 14.9. The van der Waals surface area contributed by atoms with E-state index in [9.17, 15) is 24.3 Å². The number of methoxy groups -OCH3 is 1. The Morgan fingerprint density at radius 1 is 1.12 bits per heavy atom. The number of carbonyl (C=O) groups is 3. The lowest BCUT2D eigenvalue weighted by Crippen LogP contribution is -2.46. The predicted octanol–water partition coefficient (Wildman–Crippen LogP) is 6.16. The van der Waals surface area contributed by atoms with E-state index < -0.39 is 31.5 Å². The van der Waals surface area contributed by atoms with E-state index in [0.717, 1.165) is 31.3 Å². The lowest BCUT2D eigenvalue weighted by molar-refractivity contribution is -0.149. The van der Waals surface area contributed by atoms with Gasteiger partial charge >= 0.3 is 0 Å². The summed E-state index contributed by atoms with van der Waals surface area (Å²) in [6, 6.07) is 12.0. The summed E-state index contributed by atoms with van der Waals surface area (Å²) in [5.74, 6) is -0.516. The van der Waals surface area contributed by atoms with E-state index in [-0.39, 0.29) is 36.8 Å². The quantitative estimate of drug-likeness (QED) is 0.179. The monoisotopic (exact) mass is 703 g/mol. The minimum absolute atomic E-state index is 0.00410. The first kappa shape index (κ1) is 37.5. The number of likely N-dealkylation sites (tertiary alicyclic amines) is 1. The first-order chi connectivity index (χ1) is 23.7. The number of allylic oxidation sites excluding steroid dienone is 3. The third-order valence-electron chi connectivity index (χ3n) is 10.6. The number of anilines is 2. The SMILES string of the molecule is COc1ccc(C(=O)Nc2ccc3c(c2)[C@@]2(O[C@H](CC(=O)N4CCC[C@H]4CO)[C@@H]([Si](C)(C)O)[C@@H]2C)C(=O)N3C/C=C(\C)CCC=C(C)C)cc1. The third-order valence-corrected chi connectivity index (χ3v) is 13.1. The van der Waals surface area contributed by atoms with Gasteiger partial charge in [-0.05, 0) is 102 Å². The summed E-state index contributed by atoms with van der Waals surface area (Å²) in [5, 5.41) is 12.9. The molecule has 11 heteroatoms. The highest BCUT2D eigenvalue weighted by molar-refractivity contribution is 6.71. The number of carbonyl (C=O) groups excluding carboxylic acids is 3. The van der Waals surface area contributed by atoms with Crippen LogP contribution in [-0.4, -0.2) is 79.8 Å². The van der Waals surface area contributed by atoms with Crippen LogP contribution in [0.2, 0.25) is 18.6 Å². The predicted molar refractivity (Wildman–Crippen MR) is 198 cm³/mol. The molecule has 3 N–H and O–H groups in total. The van der Waals surface area contributed by atoms with E-state index in [1.54, 1.807) is 47.2 Å². The van der Waals surface area contributed by atoms with Crippen molar-refractivity contribution >= 4 is 37.4 Å². The molecule has 3 heterocycles. The fraction of sp³-hybridized carbons (Fsp3) is 0.513. The van der Waals surface area contributed by atoms with Crippen molar-refractivity contribution in [3.05, 3.63) is 76.9 Å². The van der Waals surface area contributed by atoms with Gasteiger partial charge in [0.1, 0.15) is 5.75 Å². The van der Waals surface area contributed by atoms with Gasteiger partial charge in [-0.2, -0.15) is 0 Å². The second-order valence-electron chi connectivity index (χ2n) is 14.8. The van der Waals surface area contributed by atoms with Gasteiger partial charge in [0, 0.05) is 41.4 Å². The van der Waals surface area contributed by atoms with E-state index in [2.05, 4.69) is 38.2 Å². The normalized spacial score (nSPS) is 24.9. The molecule has 10 nitrogen and oxygen atoms in total. The number of ether oxygens (including phenoxy) is 2. The maximum Gasteiger partial charge on any atom is 0.264 e. The number of rotatable bonds is 12. The van der Waals surface area contributed by atoms with Crippen molar-refractivity contribution in [1.82, 2.24) is 4.90 Å². The van der Waals surface area contributed by atoms with Gasteiger partial charge in [-0.15, -0.1) is 0 Å².